The van der Waals surface area contributed by atoms with Crippen molar-refractivity contribution in [1.29, 1.82) is 0 Å². The Balaban J connectivity index is 1.65. The number of carbonyl (C=O) groups is 1. The van der Waals surface area contributed by atoms with Crippen molar-refractivity contribution in [3.8, 4) is 0 Å². The molecule has 1 amide bonds. The van der Waals surface area contributed by atoms with Crippen LogP contribution in [0.5, 0.6) is 0 Å². The van der Waals surface area contributed by atoms with Crippen LogP contribution in [0.4, 0.5) is 5.13 Å². The van der Waals surface area contributed by atoms with Gasteiger partial charge in [-0.15, -0.1) is 0 Å². The molecule has 1 aromatic heterocycles. The Hall–Kier alpha value is -2.04. The van der Waals surface area contributed by atoms with E-state index in [4.69, 9.17) is 16.6 Å². The number of amides is 1. The number of hydrogen-bond donors (Lipinski definition) is 0. The summed E-state index contributed by atoms with van der Waals surface area (Å²) >= 11 is 7.63. The van der Waals surface area contributed by atoms with E-state index in [0.29, 0.717) is 41.9 Å². The van der Waals surface area contributed by atoms with Crippen LogP contribution in [0.2, 0.25) is 5.02 Å². The number of halogens is 1. The minimum absolute atomic E-state index is 0.214. The molecule has 0 atom stereocenters. The predicted molar refractivity (Wildman–Crippen MR) is 134 cm³/mol. The Morgan fingerprint density at radius 2 is 1.79 bits per heavy atom. The van der Waals surface area contributed by atoms with Gasteiger partial charge in [0.15, 0.2) is 5.13 Å². The third-order valence-electron chi connectivity index (χ3n) is 5.69. The summed E-state index contributed by atoms with van der Waals surface area (Å²) < 4.78 is 28.0. The molecule has 0 bridgehead atoms. The molecule has 2 heterocycles. The first-order valence-electron chi connectivity index (χ1n) is 10.8. The first kappa shape index (κ1) is 24.1. The van der Waals surface area contributed by atoms with Crippen LogP contribution >= 0.6 is 22.9 Å². The third-order valence-corrected chi connectivity index (χ3v) is 8.85. The van der Waals surface area contributed by atoms with Crippen molar-refractivity contribution < 1.29 is 13.2 Å². The first-order valence-corrected chi connectivity index (χ1v) is 13.4. The molecule has 4 rings (SSSR count). The number of anilines is 1. The molecule has 1 aliphatic heterocycles. The van der Waals surface area contributed by atoms with Crippen molar-refractivity contribution >= 4 is 54.2 Å². The summed E-state index contributed by atoms with van der Waals surface area (Å²) in [6.45, 7) is 4.14. The van der Waals surface area contributed by atoms with E-state index in [1.54, 1.807) is 17.0 Å². The largest absolute Gasteiger partial charge is 0.308 e. The van der Waals surface area contributed by atoms with Crippen LogP contribution in [0, 0.1) is 6.92 Å². The second-order valence-corrected chi connectivity index (χ2v) is 11.8. The fourth-order valence-corrected chi connectivity index (χ4v) is 6.81. The van der Waals surface area contributed by atoms with Gasteiger partial charge < -0.3 is 4.90 Å². The molecular formula is C23H27ClN4O3S2. The molecular weight excluding hydrogens is 480 g/mol. The number of rotatable bonds is 7. The lowest BCUT2D eigenvalue weighted by molar-refractivity contribution is 0.0985. The van der Waals surface area contributed by atoms with Gasteiger partial charge >= 0.3 is 0 Å². The number of fused-ring (bicyclic) bond motifs is 1. The second-order valence-electron chi connectivity index (χ2n) is 8.46. The molecule has 2 aromatic carbocycles. The van der Waals surface area contributed by atoms with Gasteiger partial charge in [-0.2, -0.15) is 4.31 Å². The number of benzene rings is 2. The van der Waals surface area contributed by atoms with Crippen molar-refractivity contribution in [1.82, 2.24) is 14.2 Å². The van der Waals surface area contributed by atoms with Crippen LogP contribution in [0.3, 0.4) is 0 Å². The molecule has 3 aromatic rings. The summed E-state index contributed by atoms with van der Waals surface area (Å²) in [7, 11) is 0.372. The number of nitrogens with zero attached hydrogens (tertiary/aromatic N) is 4. The number of carbonyl (C=O) groups excluding carboxylic acids is 1. The van der Waals surface area contributed by atoms with Crippen molar-refractivity contribution in [3.05, 3.63) is 52.5 Å². The van der Waals surface area contributed by atoms with Gasteiger partial charge in [-0.1, -0.05) is 22.9 Å². The predicted octanol–water partition coefficient (Wildman–Crippen LogP) is 4.25. The molecule has 1 aliphatic rings. The minimum atomic E-state index is -3.52. The number of sulfonamides is 1. The first-order chi connectivity index (χ1) is 15.7. The zero-order valence-corrected chi connectivity index (χ0v) is 21.3. The highest BCUT2D eigenvalue weighted by atomic mass is 35.5. The van der Waals surface area contributed by atoms with Crippen molar-refractivity contribution in [2.24, 2.45) is 0 Å². The van der Waals surface area contributed by atoms with Crippen LogP contribution < -0.4 is 4.90 Å². The van der Waals surface area contributed by atoms with Crippen LogP contribution in [0.15, 0.2) is 41.3 Å². The molecule has 0 N–H and O–H groups in total. The van der Waals surface area contributed by atoms with Gasteiger partial charge in [0.05, 0.1) is 15.1 Å². The lowest BCUT2D eigenvalue weighted by Gasteiger charge is -2.22. The number of aromatic nitrogens is 1. The molecule has 0 unspecified atom stereocenters. The van der Waals surface area contributed by atoms with E-state index in [2.05, 4.69) is 0 Å². The smallest absolute Gasteiger partial charge is 0.260 e. The van der Waals surface area contributed by atoms with E-state index < -0.39 is 10.0 Å². The van der Waals surface area contributed by atoms with Crippen molar-refractivity contribution in [3.63, 3.8) is 0 Å². The average Bonchev–Trinajstić information content (AvgIpc) is 3.44. The maximum atomic E-state index is 13.5. The van der Waals surface area contributed by atoms with E-state index >= 15 is 0 Å². The van der Waals surface area contributed by atoms with Gasteiger partial charge in [0, 0.05) is 36.8 Å². The van der Waals surface area contributed by atoms with Crippen molar-refractivity contribution in [2.45, 2.75) is 24.7 Å². The summed E-state index contributed by atoms with van der Waals surface area (Å²) in [4.78, 5) is 22.1. The Morgan fingerprint density at radius 3 is 2.42 bits per heavy atom. The maximum absolute atomic E-state index is 13.5. The molecule has 7 nitrogen and oxygen atoms in total. The van der Waals surface area contributed by atoms with Crippen LogP contribution in [0.25, 0.3) is 10.2 Å². The lowest BCUT2D eigenvalue weighted by Crippen LogP contribution is -2.36. The molecule has 0 spiro atoms. The summed E-state index contributed by atoms with van der Waals surface area (Å²) in [5.41, 5.74) is 2.20. The summed E-state index contributed by atoms with van der Waals surface area (Å²) in [5.74, 6) is -0.218. The maximum Gasteiger partial charge on any atom is 0.260 e. The van der Waals surface area contributed by atoms with Gasteiger partial charge in [0.2, 0.25) is 10.0 Å². The van der Waals surface area contributed by atoms with E-state index in [0.717, 1.165) is 28.6 Å². The summed E-state index contributed by atoms with van der Waals surface area (Å²) in [5, 5.41) is 1.23. The quantitative estimate of drug-likeness (QED) is 0.479. The molecule has 1 saturated heterocycles. The zero-order chi connectivity index (χ0) is 23.8. The minimum Gasteiger partial charge on any atom is -0.308 e. The second kappa shape index (κ2) is 9.68. The topological polar surface area (TPSA) is 73.8 Å². The van der Waals surface area contributed by atoms with Crippen molar-refractivity contribution in [2.75, 3.05) is 45.2 Å². The van der Waals surface area contributed by atoms with Gasteiger partial charge in [0.1, 0.15) is 0 Å². The molecule has 10 heteroatoms. The van der Waals surface area contributed by atoms with E-state index in [-0.39, 0.29) is 10.8 Å². The van der Waals surface area contributed by atoms with Crippen LogP contribution in [0.1, 0.15) is 28.8 Å². The average molecular weight is 507 g/mol. The fraction of sp³-hybridized carbons (Fsp3) is 0.391. The van der Waals surface area contributed by atoms with Crippen LogP contribution in [-0.4, -0.2) is 68.8 Å². The monoisotopic (exact) mass is 506 g/mol. The zero-order valence-electron chi connectivity index (χ0n) is 18.9. The highest BCUT2D eigenvalue weighted by Crippen LogP contribution is 2.33. The Labute approximate surface area is 203 Å². The molecule has 1 fully saturated rings. The normalized spacial score (nSPS) is 14.9. The molecule has 0 aliphatic carbocycles. The van der Waals surface area contributed by atoms with Gasteiger partial charge in [-0.25, -0.2) is 13.4 Å². The van der Waals surface area contributed by atoms with E-state index in [9.17, 15) is 13.2 Å². The fourth-order valence-electron chi connectivity index (χ4n) is 3.85. The molecule has 0 saturated carbocycles. The van der Waals surface area contributed by atoms with Crippen LogP contribution in [-0.2, 0) is 10.0 Å². The lowest BCUT2D eigenvalue weighted by atomic mass is 10.2. The third kappa shape index (κ3) is 5.07. The molecule has 0 radical (unpaired) electrons. The highest BCUT2D eigenvalue weighted by Gasteiger charge is 2.28. The summed E-state index contributed by atoms with van der Waals surface area (Å²) in [6, 6.07) is 9.93. The molecule has 33 heavy (non-hydrogen) atoms. The Kier molecular flexibility index (Phi) is 7.07. The SMILES string of the molecule is Cc1cc(Cl)cc2sc(N(CCN(C)C)C(=O)c3ccc(S(=O)(=O)N4CCCC4)cc3)nc12. The standard InChI is InChI=1S/C23H27ClN4O3S2/c1-16-14-18(24)15-20-21(16)25-23(32-20)28(13-12-26(2)3)22(29)17-6-8-19(9-7-17)33(30,31)27-10-4-5-11-27/h6-9,14-15H,4-5,10-13H2,1-3H3. The highest BCUT2D eigenvalue weighted by molar-refractivity contribution is 7.89. The summed E-state index contributed by atoms with van der Waals surface area (Å²) in [6.07, 6.45) is 1.76. The van der Waals surface area contributed by atoms with Gasteiger partial charge in [0.25, 0.3) is 5.91 Å². The van der Waals surface area contributed by atoms with E-state index in [1.165, 1.54) is 27.8 Å². The Bertz CT molecular complexity index is 1270. The van der Waals surface area contributed by atoms with Gasteiger partial charge in [-0.3, -0.25) is 9.69 Å². The Morgan fingerprint density at radius 1 is 1.12 bits per heavy atom. The van der Waals surface area contributed by atoms with E-state index in [1.807, 2.05) is 38.1 Å². The number of thiazole rings is 1. The number of likely N-dealkylation sites (N-methyl/N-ethyl adjacent to an activating group) is 1. The number of aryl methyl sites for hydroxylation is 1. The number of hydrogen-bond acceptors (Lipinski definition) is 6. The molecule has 176 valence electrons. The van der Waals surface area contributed by atoms with Gasteiger partial charge in [-0.05, 0) is 75.8 Å².